The largest absolute Gasteiger partial charge is 0.354 e. The molecule has 7 nitrogen and oxygen atoms in total. The van der Waals surface area contributed by atoms with Gasteiger partial charge in [0.05, 0.1) is 16.8 Å². The van der Waals surface area contributed by atoms with Crippen LogP contribution in [0.5, 0.6) is 0 Å². The second kappa shape index (κ2) is 9.89. The van der Waals surface area contributed by atoms with Crippen LogP contribution >= 0.6 is 0 Å². The lowest BCUT2D eigenvalue weighted by molar-refractivity contribution is -0.131. The minimum atomic E-state index is 0.258. The zero-order valence-electron chi connectivity index (χ0n) is 20.6. The van der Waals surface area contributed by atoms with Crippen LogP contribution in [0.1, 0.15) is 52.1 Å². The number of fused-ring (bicyclic) bond motifs is 1. The summed E-state index contributed by atoms with van der Waals surface area (Å²) in [4.78, 5) is 27.0. The van der Waals surface area contributed by atoms with Crippen molar-refractivity contribution in [3.05, 3.63) is 41.9 Å². The first-order chi connectivity index (χ1) is 15.8. The molecule has 2 aromatic heterocycles. The SMILES string of the molecule is Cc1nn(-c2ccccc2)c2nc(CC(C)C)nc(N3CCCN(C(=O)CC(C)C)CC3)c12. The van der Waals surface area contributed by atoms with Crippen molar-refractivity contribution in [2.24, 2.45) is 11.8 Å². The van der Waals surface area contributed by atoms with Crippen molar-refractivity contribution in [2.45, 2.75) is 53.9 Å². The molecule has 176 valence electrons. The van der Waals surface area contributed by atoms with Crippen LogP contribution in [0.3, 0.4) is 0 Å². The second-order valence-corrected chi connectivity index (χ2v) is 9.91. The summed E-state index contributed by atoms with van der Waals surface area (Å²) < 4.78 is 1.94. The highest BCUT2D eigenvalue weighted by molar-refractivity contribution is 5.91. The van der Waals surface area contributed by atoms with E-state index in [9.17, 15) is 4.79 Å². The first-order valence-corrected chi connectivity index (χ1v) is 12.2. The lowest BCUT2D eigenvalue weighted by Gasteiger charge is -2.24. The molecule has 0 atom stereocenters. The summed E-state index contributed by atoms with van der Waals surface area (Å²) in [5.74, 6) is 2.89. The van der Waals surface area contributed by atoms with E-state index in [1.807, 2.05) is 34.7 Å². The van der Waals surface area contributed by atoms with Crippen molar-refractivity contribution >= 4 is 22.8 Å². The van der Waals surface area contributed by atoms with Crippen LogP contribution < -0.4 is 4.90 Å². The van der Waals surface area contributed by atoms with Crippen LogP contribution in [0.25, 0.3) is 16.7 Å². The van der Waals surface area contributed by atoms with Crippen LogP contribution in [0.2, 0.25) is 0 Å². The maximum Gasteiger partial charge on any atom is 0.222 e. The number of para-hydroxylation sites is 1. The number of aromatic nitrogens is 4. The first kappa shape index (κ1) is 23.2. The van der Waals surface area contributed by atoms with Gasteiger partial charge in [0.25, 0.3) is 0 Å². The summed E-state index contributed by atoms with van der Waals surface area (Å²) in [7, 11) is 0. The van der Waals surface area contributed by atoms with E-state index in [0.29, 0.717) is 18.3 Å². The molecule has 0 radical (unpaired) electrons. The van der Waals surface area contributed by atoms with Gasteiger partial charge in [0.1, 0.15) is 11.6 Å². The van der Waals surface area contributed by atoms with Crippen molar-refractivity contribution in [1.82, 2.24) is 24.6 Å². The molecular weight excluding hydrogens is 412 g/mol. The van der Waals surface area contributed by atoms with E-state index in [1.54, 1.807) is 0 Å². The summed E-state index contributed by atoms with van der Waals surface area (Å²) in [5.41, 5.74) is 2.78. The van der Waals surface area contributed by atoms with E-state index >= 15 is 0 Å². The van der Waals surface area contributed by atoms with Gasteiger partial charge in [0.2, 0.25) is 5.91 Å². The summed E-state index contributed by atoms with van der Waals surface area (Å²) >= 11 is 0. The standard InChI is InChI=1S/C26H36N6O/c1-18(2)16-22-27-25(31-13-9-12-30(14-15-31)23(33)17-19(3)4)24-20(5)29-32(26(24)28-22)21-10-7-6-8-11-21/h6-8,10-11,18-19H,9,12-17H2,1-5H3. The summed E-state index contributed by atoms with van der Waals surface area (Å²) in [6.07, 6.45) is 2.36. The van der Waals surface area contributed by atoms with Crippen molar-refractivity contribution in [2.75, 3.05) is 31.1 Å². The number of carbonyl (C=O) groups is 1. The predicted octanol–water partition coefficient (Wildman–Crippen LogP) is 4.41. The molecule has 1 saturated heterocycles. The number of hydrogen-bond acceptors (Lipinski definition) is 5. The van der Waals surface area contributed by atoms with Crippen molar-refractivity contribution < 1.29 is 4.79 Å². The summed E-state index contributed by atoms with van der Waals surface area (Å²) in [6.45, 7) is 13.8. The molecule has 3 aromatic rings. The average Bonchev–Trinajstić information content (AvgIpc) is 2.94. The number of benzene rings is 1. The minimum absolute atomic E-state index is 0.258. The monoisotopic (exact) mass is 448 g/mol. The summed E-state index contributed by atoms with van der Waals surface area (Å²) in [5, 5.41) is 5.87. The van der Waals surface area contributed by atoms with Crippen LogP contribution in [-0.4, -0.2) is 56.7 Å². The van der Waals surface area contributed by atoms with Crippen molar-refractivity contribution in [1.29, 1.82) is 0 Å². The van der Waals surface area contributed by atoms with E-state index in [-0.39, 0.29) is 5.91 Å². The van der Waals surface area contributed by atoms with E-state index in [4.69, 9.17) is 15.1 Å². The van der Waals surface area contributed by atoms with E-state index in [2.05, 4.69) is 44.7 Å². The van der Waals surface area contributed by atoms with Gasteiger partial charge in [-0.2, -0.15) is 5.10 Å². The maximum atomic E-state index is 12.7. The smallest absolute Gasteiger partial charge is 0.222 e. The lowest BCUT2D eigenvalue weighted by Crippen LogP contribution is -2.36. The van der Waals surface area contributed by atoms with Crippen molar-refractivity contribution in [3.63, 3.8) is 0 Å². The zero-order chi connectivity index (χ0) is 23.5. The van der Waals surface area contributed by atoms with Gasteiger partial charge in [0.15, 0.2) is 5.65 Å². The van der Waals surface area contributed by atoms with Gasteiger partial charge in [-0.3, -0.25) is 4.79 Å². The fourth-order valence-corrected chi connectivity index (χ4v) is 4.50. The molecule has 4 rings (SSSR count). The number of aryl methyl sites for hydroxylation is 1. The molecule has 1 amide bonds. The van der Waals surface area contributed by atoms with E-state index < -0.39 is 0 Å². The minimum Gasteiger partial charge on any atom is -0.354 e. The molecule has 0 bridgehead atoms. The molecule has 33 heavy (non-hydrogen) atoms. The maximum absolute atomic E-state index is 12.7. The van der Waals surface area contributed by atoms with Gasteiger partial charge in [-0.05, 0) is 37.3 Å². The van der Waals surface area contributed by atoms with E-state index in [1.165, 1.54) is 0 Å². The predicted molar refractivity (Wildman–Crippen MR) is 133 cm³/mol. The van der Waals surface area contributed by atoms with Gasteiger partial charge in [-0.25, -0.2) is 14.6 Å². The van der Waals surface area contributed by atoms with Gasteiger partial charge in [-0.1, -0.05) is 45.9 Å². The molecule has 0 N–H and O–H groups in total. The molecule has 1 aliphatic heterocycles. The number of anilines is 1. The molecule has 0 aliphatic carbocycles. The number of amides is 1. The molecule has 1 aliphatic rings. The Morgan fingerprint density at radius 1 is 0.970 bits per heavy atom. The quantitative estimate of drug-likeness (QED) is 0.559. The Morgan fingerprint density at radius 3 is 2.42 bits per heavy atom. The third-order valence-corrected chi connectivity index (χ3v) is 6.05. The fourth-order valence-electron chi connectivity index (χ4n) is 4.50. The average molecular weight is 449 g/mol. The van der Waals surface area contributed by atoms with E-state index in [0.717, 1.165) is 73.1 Å². The number of rotatable bonds is 6. The Morgan fingerprint density at radius 2 is 1.73 bits per heavy atom. The highest BCUT2D eigenvalue weighted by atomic mass is 16.2. The highest BCUT2D eigenvalue weighted by Gasteiger charge is 2.25. The Balaban J connectivity index is 1.73. The third kappa shape index (κ3) is 5.18. The third-order valence-electron chi connectivity index (χ3n) is 6.05. The van der Waals surface area contributed by atoms with Gasteiger partial charge < -0.3 is 9.80 Å². The first-order valence-electron chi connectivity index (χ1n) is 12.2. The van der Waals surface area contributed by atoms with Crippen LogP contribution in [0.15, 0.2) is 30.3 Å². The lowest BCUT2D eigenvalue weighted by atomic mass is 10.1. The normalized spacial score (nSPS) is 15.0. The summed E-state index contributed by atoms with van der Waals surface area (Å²) in [6, 6.07) is 10.2. The Hall–Kier alpha value is -2.96. The molecule has 7 heteroatoms. The topological polar surface area (TPSA) is 67.2 Å². The number of carbonyl (C=O) groups excluding carboxylic acids is 1. The Bertz CT molecular complexity index is 1100. The molecule has 0 spiro atoms. The van der Waals surface area contributed by atoms with Crippen molar-refractivity contribution in [3.8, 4) is 5.69 Å². The van der Waals surface area contributed by atoms with Gasteiger partial charge >= 0.3 is 0 Å². The van der Waals surface area contributed by atoms with Gasteiger partial charge in [-0.15, -0.1) is 0 Å². The van der Waals surface area contributed by atoms with Crippen LogP contribution in [-0.2, 0) is 11.2 Å². The van der Waals surface area contributed by atoms with Crippen LogP contribution in [0, 0.1) is 18.8 Å². The molecule has 0 saturated carbocycles. The zero-order valence-corrected chi connectivity index (χ0v) is 20.6. The molecule has 1 fully saturated rings. The molecular formula is C26H36N6O. The number of hydrogen-bond donors (Lipinski definition) is 0. The van der Waals surface area contributed by atoms with Gasteiger partial charge in [0, 0.05) is 39.0 Å². The molecule has 0 unspecified atom stereocenters. The Labute approximate surface area is 196 Å². The molecule has 1 aromatic carbocycles. The Kier molecular flexibility index (Phi) is 6.96. The molecule has 3 heterocycles. The highest BCUT2D eigenvalue weighted by Crippen LogP contribution is 2.30. The van der Waals surface area contributed by atoms with Crippen LogP contribution in [0.4, 0.5) is 5.82 Å². The second-order valence-electron chi connectivity index (χ2n) is 9.91. The number of nitrogens with zero attached hydrogens (tertiary/aromatic N) is 6. The fraction of sp³-hybridized carbons (Fsp3) is 0.538.